The molecule has 0 aliphatic carbocycles. The van der Waals surface area contributed by atoms with Gasteiger partial charge in [-0.3, -0.25) is 19.4 Å². The number of carboxylic acids is 1. The molecule has 2 aromatic heterocycles. The number of anilines is 2. The Bertz CT molecular complexity index is 1430. The fourth-order valence-electron chi connectivity index (χ4n) is 3.80. The molecule has 0 fully saturated rings. The first-order chi connectivity index (χ1) is 22.3. The number of ether oxygens (including phenoxy) is 3. The minimum absolute atomic E-state index is 0.0499. The number of benzene rings is 1. The summed E-state index contributed by atoms with van der Waals surface area (Å²) < 4.78 is 16.0. The molecule has 1 atom stereocenters. The van der Waals surface area contributed by atoms with Crippen LogP contribution in [-0.2, 0) is 30.3 Å². The van der Waals surface area contributed by atoms with Crippen molar-refractivity contribution in [3.63, 3.8) is 0 Å². The van der Waals surface area contributed by atoms with Crippen molar-refractivity contribution in [1.29, 1.82) is 0 Å². The van der Waals surface area contributed by atoms with E-state index in [1.54, 1.807) is 12.1 Å². The third-order valence-corrected chi connectivity index (χ3v) is 6.03. The van der Waals surface area contributed by atoms with Crippen molar-refractivity contribution in [3.8, 4) is 0 Å². The van der Waals surface area contributed by atoms with Crippen molar-refractivity contribution >= 4 is 40.6 Å². The van der Waals surface area contributed by atoms with E-state index in [1.165, 1.54) is 18.3 Å². The molecular formula is C30H44N8O8. The highest BCUT2D eigenvalue weighted by atomic mass is 16.5. The molecule has 16 heteroatoms. The first-order valence-electron chi connectivity index (χ1n) is 15.2. The van der Waals surface area contributed by atoms with Crippen LogP contribution >= 0.6 is 0 Å². The third-order valence-electron chi connectivity index (χ3n) is 6.03. The van der Waals surface area contributed by atoms with Gasteiger partial charge in [-0.05, 0) is 37.1 Å². The zero-order chi connectivity index (χ0) is 33.7. The molecule has 7 N–H and O–H groups in total. The zero-order valence-corrected chi connectivity index (χ0v) is 26.5. The third kappa shape index (κ3) is 13.5. The summed E-state index contributed by atoms with van der Waals surface area (Å²) in [6, 6.07) is 5.08. The molecule has 252 valence electrons. The van der Waals surface area contributed by atoms with Gasteiger partial charge in [0, 0.05) is 30.8 Å². The van der Waals surface area contributed by atoms with Crippen molar-refractivity contribution in [2.24, 2.45) is 0 Å². The monoisotopic (exact) mass is 644 g/mol. The summed E-state index contributed by atoms with van der Waals surface area (Å²) >= 11 is 0. The van der Waals surface area contributed by atoms with E-state index in [-0.39, 0.29) is 61.1 Å². The molecule has 0 saturated heterocycles. The normalized spacial score (nSPS) is 11.3. The summed E-state index contributed by atoms with van der Waals surface area (Å²) in [6.45, 7) is 9.35. The molecule has 3 rings (SSSR count). The average Bonchev–Trinajstić information content (AvgIpc) is 3.05. The average molecular weight is 645 g/mol. The lowest BCUT2D eigenvalue weighted by molar-refractivity contribution is -0.139. The molecule has 0 saturated carbocycles. The van der Waals surface area contributed by atoms with Gasteiger partial charge in [0.2, 0.25) is 11.9 Å². The van der Waals surface area contributed by atoms with Gasteiger partial charge in [-0.2, -0.15) is 4.98 Å². The van der Waals surface area contributed by atoms with Crippen LogP contribution < -0.4 is 27.2 Å². The second-order valence-corrected chi connectivity index (χ2v) is 9.51. The number of carboxylic acid groups (broad SMARTS) is 1. The number of amides is 2. The number of aromatic amines is 1. The van der Waals surface area contributed by atoms with Crippen LogP contribution in [-0.4, -0.2) is 95.1 Å². The Labute approximate surface area is 266 Å². The van der Waals surface area contributed by atoms with Gasteiger partial charge in [-0.25, -0.2) is 14.8 Å². The Morgan fingerprint density at radius 1 is 0.978 bits per heavy atom. The molecule has 0 radical (unpaired) electrons. The van der Waals surface area contributed by atoms with E-state index in [1.807, 2.05) is 20.8 Å². The van der Waals surface area contributed by atoms with E-state index in [9.17, 15) is 24.3 Å². The number of nitrogens with zero attached hydrogens (tertiary/aromatic N) is 3. The van der Waals surface area contributed by atoms with Crippen LogP contribution in [0.15, 0.2) is 35.3 Å². The predicted octanol–water partition coefficient (Wildman–Crippen LogP) is 1.47. The van der Waals surface area contributed by atoms with Crippen LogP contribution in [0.4, 0.5) is 11.6 Å². The smallest absolute Gasteiger partial charge is 0.326 e. The van der Waals surface area contributed by atoms with Gasteiger partial charge in [0.05, 0.1) is 51.5 Å². The van der Waals surface area contributed by atoms with Crippen LogP contribution in [0, 0.1) is 0 Å². The summed E-state index contributed by atoms with van der Waals surface area (Å²) in [5.41, 5.74) is 6.58. The van der Waals surface area contributed by atoms with Crippen LogP contribution in [0.5, 0.6) is 0 Å². The van der Waals surface area contributed by atoms with Crippen LogP contribution in [0.2, 0.25) is 0 Å². The minimum Gasteiger partial charge on any atom is -0.480 e. The molecule has 0 bridgehead atoms. The van der Waals surface area contributed by atoms with E-state index in [0.717, 1.165) is 6.42 Å². The number of aliphatic carboxylic acids is 1. The van der Waals surface area contributed by atoms with Crippen molar-refractivity contribution < 1.29 is 33.7 Å². The molecule has 0 spiro atoms. The molecule has 3 aromatic rings. The molecule has 1 unspecified atom stereocenters. The Kier molecular flexibility index (Phi) is 17.2. The van der Waals surface area contributed by atoms with Crippen LogP contribution in [0.3, 0.4) is 0 Å². The largest absolute Gasteiger partial charge is 0.480 e. The fraction of sp³-hybridized carbons (Fsp3) is 0.500. The predicted molar refractivity (Wildman–Crippen MR) is 171 cm³/mol. The Morgan fingerprint density at radius 2 is 1.63 bits per heavy atom. The van der Waals surface area contributed by atoms with Gasteiger partial charge < -0.3 is 41.0 Å². The van der Waals surface area contributed by atoms with Gasteiger partial charge >= 0.3 is 5.97 Å². The first-order valence-corrected chi connectivity index (χ1v) is 15.2. The van der Waals surface area contributed by atoms with E-state index >= 15 is 0 Å². The number of nitrogen functional groups attached to an aromatic ring is 1. The summed E-state index contributed by atoms with van der Waals surface area (Å²) in [4.78, 5) is 63.2. The molecule has 46 heavy (non-hydrogen) atoms. The maximum atomic E-state index is 12.7. The van der Waals surface area contributed by atoms with Crippen molar-refractivity contribution in [3.05, 3.63) is 52.1 Å². The van der Waals surface area contributed by atoms with Gasteiger partial charge in [0.25, 0.3) is 11.5 Å². The van der Waals surface area contributed by atoms with Gasteiger partial charge in [0.15, 0.2) is 11.2 Å². The quantitative estimate of drug-likeness (QED) is 0.0958. The number of carbonyl (C=O) groups excluding carboxylic acids is 2. The lowest BCUT2D eigenvalue weighted by Crippen LogP contribution is -2.41. The number of H-pyrrole nitrogens is 1. The zero-order valence-electron chi connectivity index (χ0n) is 26.5. The highest BCUT2D eigenvalue weighted by Gasteiger charge is 2.21. The molecule has 2 amide bonds. The van der Waals surface area contributed by atoms with Crippen LogP contribution in [0.25, 0.3) is 11.2 Å². The molecule has 0 aliphatic rings. The number of rotatable bonds is 20. The van der Waals surface area contributed by atoms with E-state index < -0.39 is 23.5 Å². The Morgan fingerprint density at radius 3 is 2.28 bits per heavy atom. The van der Waals surface area contributed by atoms with Gasteiger partial charge in [0.1, 0.15) is 6.04 Å². The maximum absolute atomic E-state index is 12.7. The lowest BCUT2D eigenvalue weighted by atomic mass is 10.1. The van der Waals surface area contributed by atoms with Crippen molar-refractivity contribution in [1.82, 2.24) is 30.6 Å². The summed E-state index contributed by atoms with van der Waals surface area (Å²) in [5, 5.41) is 17.8. The van der Waals surface area contributed by atoms with Crippen molar-refractivity contribution in [2.45, 2.75) is 52.6 Å². The number of fused-ring (bicyclic) bond motifs is 1. The van der Waals surface area contributed by atoms with Gasteiger partial charge in [-0.1, -0.05) is 20.8 Å². The second-order valence-electron chi connectivity index (χ2n) is 9.51. The molecule has 0 aliphatic heterocycles. The van der Waals surface area contributed by atoms with Crippen molar-refractivity contribution in [2.75, 3.05) is 57.2 Å². The first kappa shape index (κ1) is 37.5. The SMILES string of the molecule is CC.CCCOCCOCCOCCNC(=O)CCC(NC(=O)c1ccc(NCc2cnc3nc(N)[nH]c(=O)c3n2)cc1)C(=O)O. The topological polar surface area (TPSA) is 233 Å². The highest BCUT2D eigenvalue weighted by molar-refractivity contribution is 5.97. The number of aromatic nitrogens is 4. The fourth-order valence-corrected chi connectivity index (χ4v) is 3.80. The Hall–Kier alpha value is -4.67. The van der Waals surface area contributed by atoms with E-state index in [4.69, 9.17) is 19.9 Å². The number of carbonyl (C=O) groups is 3. The summed E-state index contributed by atoms with van der Waals surface area (Å²) in [5.74, 6) is -2.24. The Balaban J connectivity index is 0.00000361. The number of nitrogens with one attached hydrogen (secondary N) is 4. The lowest BCUT2D eigenvalue weighted by Gasteiger charge is -2.15. The van der Waals surface area contributed by atoms with Gasteiger partial charge in [-0.15, -0.1) is 0 Å². The molecular weight excluding hydrogens is 600 g/mol. The minimum atomic E-state index is -1.25. The van der Waals surface area contributed by atoms with E-state index in [2.05, 4.69) is 35.9 Å². The molecule has 1 aromatic carbocycles. The molecule has 16 nitrogen and oxygen atoms in total. The number of hydrogen-bond donors (Lipinski definition) is 6. The summed E-state index contributed by atoms with van der Waals surface area (Å²) in [6.07, 6.45) is 2.25. The van der Waals surface area contributed by atoms with E-state index in [0.29, 0.717) is 44.4 Å². The molecule has 2 heterocycles. The number of nitrogens with two attached hydrogens (primary N) is 1. The summed E-state index contributed by atoms with van der Waals surface area (Å²) in [7, 11) is 0. The second kappa shape index (κ2) is 21.1. The number of hydrogen-bond acceptors (Lipinski definition) is 12. The maximum Gasteiger partial charge on any atom is 0.326 e. The standard InChI is InChI=1S/C28H38N8O8.C2H6/c1-2-10-42-12-14-44-15-13-43-11-9-30-22(37)8-7-21(27(40)41)34-25(38)18-3-5-19(6-4-18)31-16-20-17-32-24-23(33-20)26(39)36-28(29)35-24;1-2/h3-6,17,21,31H,2,7-16H2,1H3,(H,30,37)(H,34,38)(H,40,41)(H3,29,32,35,36,39);1-2H3. The van der Waals surface area contributed by atoms with Crippen LogP contribution in [0.1, 0.15) is 56.1 Å². The highest BCUT2D eigenvalue weighted by Crippen LogP contribution is 2.12.